The number of aromatic nitrogens is 3. The zero-order valence-electron chi connectivity index (χ0n) is 27.4. The van der Waals surface area contributed by atoms with Crippen molar-refractivity contribution in [3.05, 3.63) is 53.5 Å². The van der Waals surface area contributed by atoms with Gasteiger partial charge in [-0.2, -0.15) is 0 Å². The van der Waals surface area contributed by atoms with Crippen molar-refractivity contribution in [2.45, 2.75) is 85.9 Å². The van der Waals surface area contributed by atoms with E-state index in [1.165, 1.54) is 0 Å². The van der Waals surface area contributed by atoms with Gasteiger partial charge in [-0.15, -0.1) is 6.07 Å². The van der Waals surface area contributed by atoms with Gasteiger partial charge in [0.25, 0.3) is 5.92 Å². The van der Waals surface area contributed by atoms with E-state index >= 15 is 8.78 Å². The van der Waals surface area contributed by atoms with Crippen LogP contribution in [-0.4, -0.2) is 76.1 Å². The summed E-state index contributed by atoms with van der Waals surface area (Å²) in [7, 11) is 0. The van der Waals surface area contributed by atoms with Gasteiger partial charge in [-0.3, -0.25) is 9.88 Å². The zero-order valence-corrected chi connectivity index (χ0v) is 29.4. The molecule has 2 fully saturated rings. The summed E-state index contributed by atoms with van der Waals surface area (Å²) < 4.78 is 31.2. The smallest absolute Gasteiger partial charge is 0.390 e. The SMILES string of the molecule is CC.Cc1nc(NCc2cccc(C(F)(F)C3CCN(C(C)C)CC3)c2)c2cc(N3CCN(C(C)C)CC3)[c-]nc2n1.[Na+]. The molecule has 0 unspecified atom stereocenters. The normalized spacial score (nSPS) is 17.1. The Bertz CT molecular complexity index is 1300. The summed E-state index contributed by atoms with van der Waals surface area (Å²) >= 11 is 0. The Labute approximate surface area is 279 Å². The van der Waals surface area contributed by atoms with Crippen LogP contribution < -0.4 is 39.8 Å². The molecule has 4 heterocycles. The van der Waals surface area contributed by atoms with Crippen LogP contribution in [0.5, 0.6) is 0 Å². The fraction of sp³-hybridized carbons (Fsp3) is 0.606. The van der Waals surface area contributed by atoms with E-state index in [1.54, 1.807) is 18.2 Å². The molecule has 2 saturated heterocycles. The molecule has 0 radical (unpaired) electrons. The van der Waals surface area contributed by atoms with Crippen molar-refractivity contribution in [1.29, 1.82) is 0 Å². The van der Waals surface area contributed by atoms with Crippen LogP contribution in [0, 0.1) is 19.0 Å². The van der Waals surface area contributed by atoms with E-state index in [-0.39, 0.29) is 35.1 Å². The Balaban J connectivity index is 0.00000165. The van der Waals surface area contributed by atoms with Gasteiger partial charge in [0.1, 0.15) is 11.6 Å². The van der Waals surface area contributed by atoms with Crippen LogP contribution in [0.25, 0.3) is 11.0 Å². The number of benzene rings is 1. The Morgan fingerprint density at radius 3 is 2.19 bits per heavy atom. The first-order valence-corrected chi connectivity index (χ1v) is 15.6. The van der Waals surface area contributed by atoms with Crippen LogP contribution in [0.3, 0.4) is 0 Å². The number of piperazine rings is 1. The van der Waals surface area contributed by atoms with E-state index in [4.69, 9.17) is 0 Å². The van der Waals surface area contributed by atoms with Gasteiger partial charge in [0.2, 0.25) is 0 Å². The molecular weight excluding hydrogens is 555 g/mol. The van der Waals surface area contributed by atoms with Gasteiger partial charge in [-0.05, 0) is 77.6 Å². The molecule has 0 spiro atoms. The molecule has 2 aliphatic rings. The first-order valence-electron chi connectivity index (χ1n) is 15.6. The minimum absolute atomic E-state index is 0. The molecule has 43 heavy (non-hydrogen) atoms. The maximum Gasteiger partial charge on any atom is 1.00 e. The van der Waals surface area contributed by atoms with Crippen LogP contribution in [0.1, 0.15) is 71.3 Å². The van der Waals surface area contributed by atoms with Gasteiger partial charge < -0.3 is 20.1 Å². The Kier molecular flexibility index (Phi) is 13.1. The maximum atomic E-state index is 15.6. The molecule has 3 aromatic rings. The molecule has 230 valence electrons. The van der Waals surface area contributed by atoms with E-state index in [0.717, 1.165) is 55.9 Å². The number of piperidine rings is 1. The monoisotopic (exact) mass is 603 g/mol. The summed E-state index contributed by atoms with van der Waals surface area (Å²) in [5.74, 6) is -2.24. The summed E-state index contributed by atoms with van der Waals surface area (Å²) in [6.45, 7) is 20.2. The number of likely N-dealkylation sites (tertiary alicyclic amines) is 1. The standard InChI is InChI=1S/C31H42F2N7.C2H6.Na/c1-21(2)38-11-9-25(10-12-38)31(32,33)26-8-6-7-24(17-26)19-34-29-28-18-27(20-35-30(28)37-23(5)36-29)40-15-13-39(14-16-40)22(3)4;1-2;/h6-8,17-18,21-22,25H,9-16,19H2,1-5H3,(H,34,35,36,37);1-2H3;/q-1;;+1. The van der Waals surface area contributed by atoms with E-state index in [1.807, 2.05) is 32.9 Å². The average Bonchev–Trinajstić information content (AvgIpc) is 3.01. The number of fused-ring (bicyclic) bond motifs is 1. The molecule has 0 aliphatic carbocycles. The first-order chi connectivity index (χ1) is 20.1. The van der Waals surface area contributed by atoms with Crippen LogP contribution in [0.2, 0.25) is 0 Å². The number of anilines is 2. The van der Waals surface area contributed by atoms with Crippen LogP contribution >= 0.6 is 0 Å². The number of nitrogens with zero attached hydrogens (tertiary/aromatic N) is 6. The summed E-state index contributed by atoms with van der Waals surface area (Å²) in [4.78, 5) is 20.7. The molecule has 5 rings (SSSR count). The Morgan fingerprint density at radius 2 is 1.56 bits per heavy atom. The number of pyridine rings is 1. The molecule has 2 aliphatic heterocycles. The molecule has 0 saturated carbocycles. The molecule has 0 bridgehead atoms. The summed E-state index contributed by atoms with van der Waals surface area (Å²) in [6, 6.07) is 9.79. The van der Waals surface area contributed by atoms with Crippen molar-refractivity contribution >= 4 is 22.5 Å². The van der Waals surface area contributed by atoms with E-state index in [2.05, 4.69) is 68.9 Å². The molecular formula is C33H48F2N7Na. The van der Waals surface area contributed by atoms with Crippen LogP contribution in [-0.2, 0) is 12.5 Å². The topological polar surface area (TPSA) is 60.4 Å². The Morgan fingerprint density at radius 1 is 0.930 bits per heavy atom. The molecule has 1 N–H and O–H groups in total. The molecule has 10 heteroatoms. The van der Waals surface area contributed by atoms with E-state index in [9.17, 15) is 0 Å². The zero-order chi connectivity index (χ0) is 30.4. The van der Waals surface area contributed by atoms with Gasteiger partial charge >= 0.3 is 29.6 Å². The predicted molar refractivity (Wildman–Crippen MR) is 168 cm³/mol. The quantitative estimate of drug-likeness (QED) is 0.313. The Hall–Kier alpha value is -1.91. The van der Waals surface area contributed by atoms with Crippen LogP contribution in [0.4, 0.5) is 20.3 Å². The van der Waals surface area contributed by atoms with Crippen molar-refractivity contribution < 1.29 is 38.3 Å². The molecule has 2 aromatic heterocycles. The molecule has 0 amide bonds. The first kappa shape index (κ1) is 35.6. The predicted octanol–water partition coefficient (Wildman–Crippen LogP) is 3.52. The van der Waals surface area contributed by atoms with E-state index < -0.39 is 11.8 Å². The second-order valence-electron chi connectivity index (χ2n) is 11.8. The number of aryl methyl sites for hydroxylation is 1. The van der Waals surface area contributed by atoms with E-state index in [0.29, 0.717) is 48.8 Å². The third-order valence-corrected chi connectivity index (χ3v) is 8.52. The van der Waals surface area contributed by atoms with Crippen LogP contribution in [0.15, 0.2) is 30.3 Å². The second-order valence-corrected chi connectivity index (χ2v) is 11.8. The second kappa shape index (κ2) is 15.9. The minimum Gasteiger partial charge on any atom is -0.390 e. The number of hydrogen-bond acceptors (Lipinski definition) is 7. The number of alkyl halides is 2. The number of rotatable bonds is 8. The summed E-state index contributed by atoms with van der Waals surface area (Å²) in [5.41, 5.74) is 2.39. The fourth-order valence-corrected chi connectivity index (χ4v) is 5.93. The molecule has 0 atom stereocenters. The molecule has 1 aromatic carbocycles. The van der Waals surface area contributed by atoms with Gasteiger partial charge in [0.05, 0.1) is 5.65 Å². The van der Waals surface area contributed by atoms with Crippen molar-refractivity contribution in [3.63, 3.8) is 0 Å². The third kappa shape index (κ3) is 8.63. The minimum atomic E-state index is -2.86. The number of halogens is 2. The maximum absolute atomic E-state index is 15.6. The van der Waals surface area contributed by atoms with Crippen molar-refractivity contribution in [2.24, 2.45) is 5.92 Å². The fourth-order valence-electron chi connectivity index (χ4n) is 5.93. The average molecular weight is 604 g/mol. The summed E-state index contributed by atoms with van der Waals surface area (Å²) in [6.07, 6.45) is 4.20. The van der Waals surface area contributed by atoms with Crippen molar-refractivity contribution in [2.75, 3.05) is 49.5 Å². The number of hydrogen-bond donors (Lipinski definition) is 1. The van der Waals surface area contributed by atoms with Gasteiger partial charge in [-0.1, -0.05) is 43.9 Å². The van der Waals surface area contributed by atoms with Gasteiger partial charge in [0, 0.05) is 56.3 Å². The van der Waals surface area contributed by atoms with Gasteiger partial charge in [-0.25, -0.2) is 13.8 Å². The largest absolute Gasteiger partial charge is 1.00 e. The number of nitrogens with one attached hydrogen (secondary N) is 1. The van der Waals surface area contributed by atoms with Crippen molar-refractivity contribution in [1.82, 2.24) is 24.8 Å². The summed E-state index contributed by atoms with van der Waals surface area (Å²) in [5, 5.41) is 4.20. The van der Waals surface area contributed by atoms with Crippen molar-refractivity contribution in [3.8, 4) is 0 Å². The third-order valence-electron chi connectivity index (χ3n) is 8.52. The molecule has 7 nitrogen and oxygen atoms in total. The van der Waals surface area contributed by atoms with Gasteiger partial charge in [0.15, 0.2) is 0 Å².